The fraction of sp³-hybridized carbons (Fsp3) is 0.538. The van der Waals surface area contributed by atoms with Crippen molar-refractivity contribution in [2.45, 2.75) is 25.3 Å². The molecule has 1 saturated heterocycles. The summed E-state index contributed by atoms with van der Waals surface area (Å²) in [7, 11) is -3.36. The molecule has 1 aliphatic heterocycles. The number of nitrogens with one attached hydrogen (secondary N) is 2. The Bertz CT molecular complexity index is 537. The molecule has 1 aliphatic rings. The van der Waals surface area contributed by atoms with Gasteiger partial charge in [-0.2, -0.15) is 0 Å². The zero-order valence-corrected chi connectivity index (χ0v) is 11.8. The van der Waals surface area contributed by atoms with Crippen molar-refractivity contribution in [3.8, 4) is 0 Å². The summed E-state index contributed by atoms with van der Waals surface area (Å²) >= 11 is 0. The van der Waals surface area contributed by atoms with Gasteiger partial charge in [0.1, 0.15) is 11.6 Å². The highest BCUT2D eigenvalue weighted by molar-refractivity contribution is 7.89. The van der Waals surface area contributed by atoms with Gasteiger partial charge in [0.2, 0.25) is 10.0 Å². The SMILES string of the molecule is O=S(=O)(CC1CCCN1)NCCc1cc(F)cc(F)c1. The molecule has 1 fully saturated rings. The van der Waals surface area contributed by atoms with E-state index >= 15 is 0 Å². The first-order chi connectivity index (χ1) is 9.44. The zero-order chi connectivity index (χ0) is 14.6. The smallest absolute Gasteiger partial charge is 0.213 e. The molecule has 1 heterocycles. The van der Waals surface area contributed by atoms with Gasteiger partial charge in [0, 0.05) is 18.7 Å². The number of hydrogen-bond donors (Lipinski definition) is 2. The lowest BCUT2D eigenvalue weighted by Gasteiger charge is -2.11. The highest BCUT2D eigenvalue weighted by Gasteiger charge is 2.21. The van der Waals surface area contributed by atoms with Gasteiger partial charge in [-0.25, -0.2) is 21.9 Å². The van der Waals surface area contributed by atoms with Crippen LogP contribution in [0.2, 0.25) is 0 Å². The minimum atomic E-state index is -3.36. The van der Waals surface area contributed by atoms with Gasteiger partial charge in [-0.1, -0.05) is 0 Å². The zero-order valence-electron chi connectivity index (χ0n) is 11.0. The average Bonchev–Trinajstić information content (AvgIpc) is 2.79. The molecule has 0 bridgehead atoms. The molecule has 2 N–H and O–H groups in total. The van der Waals surface area contributed by atoms with Gasteiger partial charge in [-0.15, -0.1) is 0 Å². The first-order valence-electron chi connectivity index (χ1n) is 6.60. The third-order valence-electron chi connectivity index (χ3n) is 3.24. The molecule has 0 radical (unpaired) electrons. The van der Waals surface area contributed by atoms with Gasteiger partial charge >= 0.3 is 0 Å². The van der Waals surface area contributed by atoms with Crippen LogP contribution in [0.4, 0.5) is 8.78 Å². The van der Waals surface area contributed by atoms with Crippen molar-refractivity contribution >= 4 is 10.0 Å². The van der Waals surface area contributed by atoms with Crippen molar-refractivity contribution in [2.24, 2.45) is 0 Å². The minimum absolute atomic E-state index is 0.000820. The maximum Gasteiger partial charge on any atom is 0.213 e. The lowest BCUT2D eigenvalue weighted by Crippen LogP contribution is -2.37. The molecule has 0 aliphatic carbocycles. The molecular formula is C13H18F2N2O2S. The molecule has 1 aromatic carbocycles. The predicted molar refractivity (Wildman–Crippen MR) is 72.9 cm³/mol. The molecular weight excluding hydrogens is 286 g/mol. The molecule has 7 heteroatoms. The number of benzene rings is 1. The third-order valence-corrected chi connectivity index (χ3v) is 4.73. The summed E-state index contributed by atoms with van der Waals surface area (Å²) in [6.07, 6.45) is 2.10. The third kappa shape index (κ3) is 4.81. The van der Waals surface area contributed by atoms with Crippen LogP contribution in [0.5, 0.6) is 0 Å². The quantitative estimate of drug-likeness (QED) is 0.830. The fourth-order valence-corrected chi connectivity index (χ4v) is 3.67. The van der Waals surface area contributed by atoms with E-state index in [1.807, 2.05) is 0 Å². The summed E-state index contributed by atoms with van der Waals surface area (Å²) in [6, 6.07) is 3.20. The number of rotatable bonds is 6. The Morgan fingerprint density at radius 3 is 2.55 bits per heavy atom. The van der Waals surface area contributed by atoms with E-state index in [-0.39, 0.29) is 24.8 Å². The first kappa shape index (κ1) is 15.3. The summed E-state index contributed by atoms with van der Waals surface area (Å²) in [5.74, 6) is -1.26. The van der Waals surface area contributed by atoms with Crippen LogP contribution in [0.15, 0.2) is 18.2 Å². The molecule has 4 nitrogen and oxygen atoms in total. The summed E-state index contributed by atoms with van der Waals surface area (Å²) in [6.45, 7) is 0.987. The second-order valence-corrected chi connectivity index (χ2v) is 6.85. The largest absolute Gasteiger partial charge is 0.313 e. The van der Waals surface area contributed by atoms with Crippen LogP contribution in [0.3, 0.4) is 0 Å². The lowest BCUT2D eigenvalue weighted by molar-refractivity contribution is 0.563. The molecule has 2 rings (SSSR count). The summed E-state index contributed by atoms with van der Waals surface area (Å²) in [4.78, 5) is 0. The van der Waals surface area contributed by atoms with Crippen molar-refractivity contribution in [1.29, 1.82) is 0 Å². The Hall–Kier alpha value is -1.05. The molecule has 0 aromatic heterocycles. The molecule has 20 heavy (non-hydrogen) atoms. The van der Waals surface area contributed by atoms with Crippen LogP contribution in [0.1, 0.15) is 18.4 Å². The molecule has 0 saturated carbocycles. The highest BCUT2D eigenvalue weighted by atomic mass is 32.2. The van der Waals surface area contributed by atoms with Crippen LogP contribution in [-0.2, 0) is 16.4 Å². The number of sulfonamides is 1. The standard InChI is InChI=1S/C13H18F2N2O2S/c14-11-6-10(7-12(15)8-11)3-5-17-20(18,19)9-13-2-1-4-16-13/h6-8,13,16-17H,1-5,9H2. The van der Waals surface area contributed by atoms with E-state index in [1.165, 1.54) is 12.1 Å². The number of hydrogen-bond acceptors (Lipinski definition) is 3. The van der Waals surface area contributed by atoms with Crippen molar-refractivity contribution in [2.75, 3.05) is 18.8 Å². The Labute approximate surface area is 117 Å². The van der Waals surface area contributed by atoms with E-state index in [0.717, 1.165) is 25.5 Å². The summed E-state index contributed by atoms with van der Waals surface area (Å²) in [5.41, 5.74) is 0.434. The van der Waals surface area contributed by atoms with Crippen molar-refractivity contribution < 1.29 is 17.2 Å². The Balaban J connectivity index is 1.82. The van der Waals surface area contributed by atoms with Gasteiger partial charge < -0.3 is 5.32 Å². The Kier molecular flexibility index (Phi) is 5.06. The average molecular weight is 304 g/mol. The second kappa shape index (κ2) is 6.60. The normalized spacial score (nSPS) is 19.4. The van der Waals surface area contributed by atoms with Crippen molar-refractivity contribution in [3.63, 3.8) is 0 Å². The van der Waals surface area contributed by atoms with Crippen molar-refractivity contribution in [3.05, 3.63) is 35.4 Å². The summed E-state index contributed by atoms with van der Waals surface area (Å²) < 4.78 is 52.0. The van der Waals surface area contributed by atoms with Crippen LogP contribution in [0.25, 0.3) is 0 Å². The Morgan fingerprint density at radius 1 is 1.25 bits per heavy atom. The van der Waals surface area contributed by atoms with Crippen LogP contribution < -0.4 is 10.0 Å². The van der Waals surface area contributed by atoms with Gasteiger partial charge in [0.15, 0.2) is 0 Å². The maximum absolute atomic E-state index is 13.0. The van der Waals surface area contributed by atoms with E-state index in [4.69, 9.17) is 0 Å². The van der Waals surface area contributed by atoms with Crippen LogP contribution in [-0.4, -0.2) is 33.3 Å². The topological polar surface area (TPSA) is 58.2 Å². The first-order valence-corrected chi connectivity index (χ1v) is 8.25. The van der Waals surface area contributed by atoms with E-state index < -0.39 is 21.7 Å². The molecule has 0 amide bonds. The van der Waals surface area contributed by atoms with E-state index in [0.29, 0.717) is 5.56 Å². The van der Waals surface area contributed by atoms with Crippen molar-refractivity contribution in [1.82, 2.24) is 10.0 Å². The highest BCUT2D eigenvalue weighted by Crippen LogP contribution is 2.09. The van der Waals surface area contributed by atoms with Gasteiger partial charge in [-0.05, 0) is 43.5 Å². The monoisotopic (exact) mass is 304 g/mol. The fourth-order valence-electron chi connectivity index (χ4n) is 2.33. The number of halogens is 2. The minimum Gasteiger partial charge on any atom is -0.313 e. The van der Waals surface area contributed by atoms with Gasteiger partial charge in [0.05, 0.1) is 5.75 Å². The molecule has 1 aromatic rings. The molecule has 1 unspecified atom stereocenters. The summed E-state index contributed by atoms with van der Waals surface area (Å²) in [5, 5.41) is 3.12. The second-order valence-electron chi connectivity index (χ2n) is 5.00. The Morgan fingerprint density at radius 2 is 1.95 bits per heavy atom. The van der Waals surface area contributed by atoms with Gasteiger partial charge in [0.25, 0.3) is 0 Å². The van der Waals surface area contributed by atoms with E-state index in [2.05, 4.69) is 10.0 Å². The van der Waals surface area contributed by atoms with Crippen LogP contribution >= 0.6 is 0 Å². The van der Waals surface area contributed by atoms with E-state index in [9.17, 15) is 17.2 Å². The molecule has 0 spiro atoms. The molecule has 112 valence electrons. The van der Waals surface area contributed by atoms with Gasteiger partial charge in [-0.3, -0.25) is 0 Å². The maximum atomic E-state index is 13.0. The predicted octanol–water partition coefficient (Wildman–Crippen LogP) is 1.18. The van der Waals surface area contributed by atoms with Crippen LogP contribution in [0, 0.1) is 11.6 Å². The molecule has 1 atom stereocenters. The van der Waals surface area contributed by atoms with E-state index in [1.54, 1.807) is 0 Å². The lowest BCUT2D eigenvalue weighted by atomic mass is 10.1.